The summed E-state index contributed by atoms with van der Waals surface area (Å²) < 4.78 is 16.8. The van der Waals surface area contributed by atoms with Gasteiger partial charge in [-0.05, 0) is 148 Å². The molecule has 0 bridgehead atoms. The van der Waals surface area contributed by atoms with E-state index in [0.717, 1.165) is 141 Å². The minimum atomic E-state index is -0.809. The monoisotopic (exact) mass is 1100 g/mol. The van der Waals surface area contributed by atoms with E-state index in [9.17, 15) is 14.4 Å². The van der Waals surface area contributed by atoms with Crippen molar-refractivity contribution in [2.75, 3.05) is 13.2 Å². The van der Waals surface area contributed by atoms with Crippen molar-refractivity contribution < 1.29 is 28.6 Å². The summed E-state index contributed by atoms with van der Waals surface area (Å²) in [6, 6.07) is 0. The molecule has 0 aromatic carbocycles. The van der Waals surface area contributed by atoms with Gasteiger partial charge >= 0.3 is 17.9 Å². The molecule has 0 saturated heterocycles. The van der Waals surface area contributed by atoms with Crippen molar-refractivity contribution in [3.63, 3.8) is 0 Å². The summed E-state index contributed by atoms with van der Waals surface area (Å²) in [5.41, 5.74) is 0. The molecule has 0 rings (SSSR count). The summed E-state index contributed by atoms with van der Waals surface area (Å²) in [5.74, 6) is -0.967. The molecule has 0 amide bonds. The normalized spacial score (nSPS) is 13.2. The van der Waals surface area contributed by atoms with Crippen molar-refractivity contribution in [1.82, 2.24) is 0 Å². The molecule has 0 spiro atoms. The molecule has 0 fully saturated rings. The number of carbonyl (C=O) groups excluding carboxylic acids is 3. The maximum atomic E-state index is 12.9. The molecule has 0 aliphatic rings. The molecule has 0 aromatic rings. The number of ether oxygens (including phenoxy) is 3. The van der Waals surface area contributed by atoms with Crippen molar-refractivity contribution in [3.05, 3.63) is 158 Å². The van der Waals surface area contributed by atoms with Crippen LogP contribution in [0.15, 0.2) is 158 Å². The average Bonchev–Trinajstić information content (AvgIpc) is 3.46. The fourth-order valence-corrected chi connectivity index (χ4v) is 8.38. The van der Waals surface area contributed by atoms with Gasteiger partial charge in [0.05, 0.1) is 0 Å². The Kier molecular flexibility index (Phi) is 62.4. The predicted molar refractivity (Wildman–Crippen MR) is 348 cm³/mol. The van der Waals surface area contributed by atoms with Gasteiger partial charge in [-0.3, -0.25) is 14.4 Å². The van der Waals surface area contributed by atoms with Crippen LogP contribution in [0.3, 0.4) is 0 Å². The van der Waals surface area contributed by atoms with Gasteiger partial charge < -0.3 is 14.2 Å². The number of hydrogen-bond acceptors (Lipinski definition) is 6. The van der Waals surface area contributed by atoms with Gasteiger partial charge in [-0.25, -0.2) is 0 Å². The van der Waals surface area contributed by atoms with Gasteiger partial charge in [-0.15, -0.1) is 0 Å². The highest BCUT2D eigenvalue weighted by Gasteiger charge is 2.19. The quantitative estimate of drug-likeness (QED) is 0.0261. The van der Waals surface area contributed by atoms with Crippen LogP contribution in [0.1, 0.15) is 271 Å². The van der Waals surface area contributed by atoms with Crippen LogP contribution in [0, 0.1) is 0 Å². The van der Waals surface area contributed by atoms with Crippen molar-refractivity contribution in [3.8, 4) is 0 Å². The smallest absolute Gasteiger partial charge is 0.306 e. The fourth-order valence-electron chi connectivity index (χ4n) is 8.38. The molecule has 0 heterocycles. The van der Waals surface area contributed by atoms with E-state index < -0.39 is 6.10 Å². The highest BCUT2D eigenvalue weighted by Crippen LogP contribution is 2.14. The van der Waals surface area contributed by atoms with Gasteiger partial charge in [-0.2, -0.15) is 0 Å². The number of rotatable bonds is 57. The van der Waals surface area contributed by atoms with Gasteiger partial charge in [0.25, 0.3) is 0 Å². The van der Waals surface area contributed by atoms with Crippen molar-refractivity contribution >= 4 is 17.9 Å². The summed E-state index contributed by atoms with van der Waals surface area (Å²) in [7, 11) is 0. The van der Waals surface area contributed by atoms with E-state index >= 15 is 0 Å². The Bertz CT molecular complexity index is 1790. The van der Waals surface area contributed by atoms with Gasteiger partial charge in [0.15, 0.2) is 6.10 Å². The van der Waals surface area contributed by atoms with E-state index in [-0.39, 0.29) is 31.1 Å². The van der Waals surface area contributed by atoms with Gasteiger partial charge in [0.1, 0.15) is 13.2 Å². The van der Waals surface area contributed by atoms with E-state index in [1.54, 1.807) is 0 Å². The third kappa shape index (κ3) is 63.9. The highest BCUT2D eigenvalue weighted by molar-refractivity contribution is 5.71. The van der Waals surface area contributed by atoms with Crippen LogP contribution >= 0.6 is 0 Å². The lowest BCUT2D eigenvalue weighted by atomic mass is 10.1. The third-order valence-electron chi connectivity index (χ3n) is 13.2. The zero-order valence-corrected chi connectivity index (χ0v) is 51.5. The summed E-state index contributed by atoms with van der Waals surface area (Å²) in [4.78, 5) is 38.2. The fraction of sp³-hybridized carbons (Fsp3) is 0.608. The lowest BCUT2D eigenvalue weighted by Gasteiger charge is -2.18. The SMILES string of the molecule is CC/C=C\C/C=C\C/C=C\C/C=C\C/C=C\C/C=C\C/C=C\C/C=C\C/C=C\C/C=C\CCCCC(=O)OCC(COC(=O)CCCCCCC/C=C\CCC)OC(=O)CCCCCCCCCCC/C=C\C/C=C\CCCCC. The maximum absolute atomic E-state index is 12.9. The largest absolute Gasteiger partial charge is 0.462 e. The molecule has 80 heavy (non-hydrogen) atoms. The molecule has 6 nitrogen and oxygen atoms in total. The number of esters is 3. The summed E-state index contributed by atoms with van der Waals surface area (Å²) in [6.07, 6.45) is 96.9. The topological polar surface area (TPSA) is 78.9 Å². The predicted octanol–water partition coefficient (Wildman–Crippen LogP) is 22.5. The standard InChI is InChI=1S/C74H118O6/c1-4-7-10-13-16-19-22-24-26-28-30-31-32-33-34-35-36-37-38-39-40-41-42-43-45-46-48-50-52-55-58-61-64-67-73(76)79-70-71(69-78-72(75)66-63-60-57-54-21-18-15-12-9-6-3)80-74(77)68-65-62-59-56-53-51-49-47-44-29-27-25-23-20-17-14-11-8-5-2/h7,10,12,15-17,19-20,24-27,30-31,33-34,36-37,39-40,42-43,46,48,52,55,71H,4-6,8-9,11,13-14,18,21-23,28-29,32,35,38,41,44-45,47,49-51,53-54,56-70H2,1-3H3/b10-7-,15-12-,19-16-,20-17-,26-24-,27-25-,31-30-,34-33-,37-36-,40-39-,43-42-,48-46-,55-52-. The van der Waals surface area contributed by atoms with Gasteiger partial charge in [-0.1, -0.05) is 262 Å². The molecule has 450 valence electrons. The van der Waals surface area contributed by atoms with Crippen molar-refractivity contribution in [2.45, 2.75) is 277 Å². The van der Waals surface area contributed by atoms with Crippen LogP contribution < -0.4 is 0 Å². The van der Waals surface area contributed by atoms with Gasteiger partial charge in [0, 0.05) is 19.3 Å². The molecular weight excluding hydrogens is 985 g/mol. The molecule has 0 aromatic heterocycles. The Hall–Kier alpha value is -4.97. The molecule has 6 heteroatoms. The molecule has 0 saturated carbocycles. The number of carbonyl (C=O) groups is 3. The Labute approximate surface area is 492 Å². The first-order chi connectivity index (χ1) is 39.5. The summed E-state index contributed by atoms with van der Waals surface area (Å²) in [5, 5.41) is 0. The molecule has 0 N–H and O–H groups in total. The Morgan fingerprint density at radius 3 is 0.850 bits per heavy atom. The summed E-state index contributed by atoms with van der Waals surface area (Å²) >= 11 is 0. The zero-order valence-electron chi connectivity index (χ0n) is 51.5. The molecule has 0 aliphatic heterocycles. The van der Waals surface area contributed by atoms with Crippen molar-refractivity contribution in [1.29, 1.82) is 0 Å². The number of hydrogen-bond donors (Lipinski definition) is 0. The van der Waals surface area contributed by atoms with E-state index in [0.29, 0.717) is 25.7 Å². The van der Waals surface area contributed by atoms with Crippen LogP contribution in [-0.2, 0) is 28.6 Å². The van der Waals surface area contributed by atoms with Crippen LogP contribution in [0.4, 0.5) is 0 Å². The van der Waals surface area contributed by atoms with E-state index in [1.807, 2.05) is 0 Å². The van der Waals surface area contributed by atoms with Crippen molar-refractivity contribution in [2.24, 2.45) is 0 Å². The maximum Gasteiger partial charge on any atom is 0.306 e. The lowest BCUT2D eigenvalue weighted by molar-refractivity contribution is -0.167. The lowest BCUT2D eigenvalue weighted by Crippen LogP contribution is -2.30. The second-order valence-electron chi connectivity index (χ2n) is 20.9. The van der Waals surface area contributed by atoms with E-state index in [2.05, 4.69) is 179 Å². The highest BCUT2D eigenvalue weighted by atomic mass is 16.6. The molecule has 1 unspecified atom stereocenters. The minimum Gasteiger partial charge on any atom is -0.462 e. The first-order valence-electron chi connectivity index (χ1n) is 32.5. The first kappa shape index (κ1) is 75.0. The zero-order chi connectivity index (χ0) is 57.8. The van der Waals surface area contributed by atoms with E-state index in [1.165, 1.54) is 83.5 Å². The number of unbranched alkanes of at least 4 members (excludes halogenated alkanes) is 20. The Morgan fingerprint density at radius 2 is 0.512 bits per heavy atom. The van der Waals surface area contributed by atoms with Crippen LogP contribution in [0.2, 0.25) is 0 Å². The molecule has 1 atom stereocenters. The molecule has 0 radical (unpaired) electrons. The molecule has 0 aliphatic carbocycles. The summed E-state index contributed by atoms with van der Waals surface area (Å²) in [6.45, 7) is 6.39. The van der Waals surface area contributed by atoms with Crippen LogP contribution in [0.25, 0.3) is 0 Å². The van der Waals surface area contributed by atoms with Gasteiger partial charge in [0.2, 0.25) is 0 Å². The minimum absolute atomic E-state index is 0.103. The average molecular weight is 1100 g/mol. The van der Waals surface area contributed by atoms with Crippen LogP contribution in [0.5, 0.6) is 0 Å². The Morgan fingerprint density at radius 1 is 0.263 bits per heavy atom. The van der Waals surface area contributed by atoms with Crippen LogP contribution in [-0.4, -0.2) is 37.2 Å². The Balaban J connectivity index is 4.35. The molecular formula is C74H118O6. The van der Waals surface area contributed by atoms with E-state index in [4.69, 9.17) is 14.2 Å². The third-order valence-corrected chi connectivity index (χ3v) is 13.2. The second kappa shape index (κ2) is 66.5. The number of allylic oxidation sites excluding steroid dienone is 26. The second-order valence-corrected chi connectivity index (χ2v) is 20.9. The first-order valence-corrected chi connectivity index (χ1v) is 32.5.